The fraction of sp³-hybridized carbons (Fsp3) is 0.486. The molecule has 15 heteroatoms. The van der Waals surface area contributed by atoms with Gasteiger partial charge in [0.05, 0.1) is 22.0 Å². The minimum atomic E-state index is -3.80. The van der Waals surface area contributed by atoms with E-state index in [0.29, 0.717) is 18.4 Å². The largest absolute Gasteiger partial charge is 0.479 e. The number of carbonyl (C=O) groups excluding carboxylic acids is 2. The van der Waals surface area contributed by atoms with E-state index in [1.807, 2.05) is 0 Å². The summed E-state index contributed by atoms with van der Waals surface area (Å²) in [4.78, 5) is 25.8. The van der Waals surface area contributed by atoms with Crippen LogP contribution in [0.1, 0.15) is 83.5 Å². The topological polar surface area (TPSA) is 137 Å². The van der Waals surface area contributed by atoms with Crippen molar-refractivity contribution in [2.45, 2.75) is 96.8 Å². The van der Waals surface area contributed by atoms with Crippen LogP contribution in [0.15, 0.2) is 36.4 Å². The first-order chi connectivity index (χ1) is 23.0. The molecule has 0 bridgehead atoms. The summed E-state index contributed by atoms with van der Waals surface area (Å²) in [5.74, 6) is -3.17. The van der Waals surface area contributed by atoms with Crippen molar-refractivity contribution in [2.75, 3.05) is 24.2 Å². The van der Waals surface area contributed by atoms with Crippen LogP contribution in [0.5, 0.6) is 5.75 Å². The van der Waals surface area contributed by atoms with Gasteiger partial charge in [0.1, 0.15) is 22.0 Å². The predicted octanol–water partition coefficient (Wildman–Crippen LogP) is 7.79. The second kappa shape index (κ2) is 14.6. The van der Waals surface area contributed by atoms with E-state index < -0.39 is 56.9 Å². The molecule has 1 aliphatic rings. The van der Waals surface area contributed by atoms with Gasteiger partial charge in [-0.05, 0) is 92.0 Å². The summed E-state index contributed by atoms with van der Waals surface area (Å²) in [5.41, 5.74) is 3.66. The molecule has 1 aromatic heterocycles. The number of hydrogen-bond acceptors (Lipinski definition) is 10. The molecule has 0 saturated carbocycles. The van der Waals surface area contributed by atoms with Crippen molar-refractivity contribution in [1.29, 1.82) is 0 Å². The minimum absolute atomic E-state index is 0.0418. The Labute approximate surface area is 301 Å². The monoisotopic (exact) mass is 755 g/mol. The molecule has 2 aromatic carbocycles. The highest BCUT2D eigenvalue weighted by atomic mass is 35.5. The first kappa shape index (κ1) is 39.3. The Kier molecular flexibility index (Phi) is 11.5. The number of benzene rings is 2. The molecule has 3 N–H and O–H groups in total. The summed E-state index contributed by atoms with van der Waals surface area (Å²) in [6, 6.07) is 8.25. The molecule has 3 aromatic rings. The average Bonchev–Trinajstić information content (AvgIpc) is 3.28. The number of thiophene rings is 1. The molecule has 2 heterocycles. The summed E-state index contributed by atoms with van der Waals surface area (Å²) < 4.78 is 74.8. The molecule has 4 rings (SSSR count). The molecule has 1 saturated heterocycles. The van der Waals surface area contributed by atoms with Crippen LogP contribution in [-0.4, -0.2) is 60.6 Å². The number of rotatable bonds is 10. The van der Waals surface area contributed by atoms with Crippen LogP contribution < -0.4 is 15.8 Å². The van der Waals surface area contributed by atoms with E-state index in [1.165, 1.54) is 22.5 Å². The van der Waals surface area contributed by atoms with E-state index >= 15 is 4.39 Å². The number of esters is 2. The van der Waals surface area contributed by atoms with Gasteiger partial charge in [0.25, 0.3) is 0 Å². The Hall–Kier alpha value is -3.46. The quantitative estimate of drug-likeness (QED) is 0.157. The first-order valence-electron chi connectivity index (χ1n) is 16.0. The molecule has 50 heavy (non-hydrogen) atoms. The van der Waals surface area contributed by atoms with Crippen molar-refractivity contribution in [3.05, 3.63) is 63.5 Å². The number of carbonyl (C=O) groups is 2. The lowest BCUT2D eigenvalue weighted by molar-refractivity contribution is -0.157. The van der Waals surface area contributed by atoms with Crippen molar-refractivity contribution in [2.24, 2.45) is 0 Å². The van der Waals surface area contributed by atoms with Crippen molar-refractivity contribution in [3.63, 3.8) is 0 Å². The summed E-state index contributed by atoms with van der Waals surface area (Å²) in [6.45, 7) is 13.4. The molecule has 0 radical (unpaired) electrons. The third-order valence-electron chi connectivity index (χ3n) is 7.60. The fourth-order valence-corrected chi connectivity index (χ4v) is 9.11. The molecule has 0 amide bonds. The number of hydrogen-bond donors (Lipinski definition) is 2. The van der Waals surface area contributed by atoms with Crippen LogP contribution >= 0.6 is 22.9 Å². The highest BCUT2D eigenvalue weighted by molar-refractivity contribution is 7.88. The van der Waals surface area contributed by atoms with E-state index in [2.05, 4.69) is 5.32 Å². The van der Waals surface area contributed by atoms with Crippen molar-refractivity contribution < 1.29 is 41.0 Å². The number of halogens is 3. The van der Waals surface area contributed by atoms with Gasteiger partial charge in [-0.15, -0.1) is 11.3 Å². The summed E-state index contributed by atoms with van der Waals surface area (Å²) in [6.07, 6.45) is 0.732. The maximum atomic E-state index is 16.3. The molecule has 1 fully saturated rings. The third-order valence-corrected chi connectivity index (χ3v) is 11.3. The lowest BCUT2D eigenvalue weighted by Gasteiger charge is -2.45. The normalized spacial score (nSPS) is 16.9. The zero-order valence-corrected chi connectivity index (χ0v) is 31.8. The van der Waals surface area contributed by atoms with Crippen LogP contribution in [0.25, 0.3) is 10.4 Å². The van der Waals surface area contributed by atoms with Gasteiger partial charge in [-0.25, -0.2) is 26.8 Å². The molecule has 274 valence electrons. The van der Waals surface area contributed by atoms with Crippen molar-refractivity contribution >= 4 is 56.3 Å². The van der Waals surface area contributed by atoms with Crippen LogP contribution in [-0.2, 0) is 30.0 Å². The molecule has 0 spiro atoms. The van der Waals surface area contributed by atoms with Gasteiger partial charge in [-0.3, -0.25) is 0 Å². The SMILES string of the molecule is CC(C)(C)OC(=O)COc1c(C(=O)OC(C)(C)C)sc(-c2cccc(N[C@@H]3CCN(S(=O)(=O)Cc4ccc(F)c(N)c4)C(C)(C)C3)c2F)c1Cl. The highest BCUT2D eigenvalue weighted by Gasteiger charge is 2.42. The van der Waals surface area contributed by atoms with E-state index in [0.717, 1.165) is 17.4 Å². The molecule has 1 atom stereocenters. The summed E-state index contributed by atoms with van der Waals surface area (Å²) in [7, 11) is -3.80. The fourth-order valence-electron chi connectivity index (χ4n) is 5.69. The Balaban J connectivity index is 1.57. The van der Waals surface area contributed by atoms with Gasteiger partial charge in [0, 0.05) is 23.7 Å². The van der Waals surface area contributed by atoms with Gasteiger partial charge >= 0.3 is 11.9 Å². The van der Waals surface area contributed by atoms with Gasteiger partial charge in [-0.2, -0.15) is 4.31 Å². The Morgan fingerprint density at radius 2 is 1.74 bits per heavy atom. The molecular weight excluding hydrogens is 712 g/mol. The van der Waals surface area contributed by atoms with Crippen LogP contribution in [0.4, 0.5) is 20.2 Å². The molecule has 0 aliphatic carbocycles. The number of nitrogens with one attached hydrogen (secondary N) is 1. The van der Waals surface area contributed by atoms with Crippen LogP contribution in [0.3, 0.4) is 0 Å². The zero-order chi connectivity index (χ0) is 37.4. The van der Waals surface area contributed by atoms with Gasteiger partial charge in [0.15, 0.2) is 23.1 Å². The standard InChI is InChI=1S/C35H44ClF2N3O7S2/c1-33(2,3)47-26(42)18-46-29-27(36)30(49-31(29)32(43)48-34(4,5)6)22-10-9-11-25(28(22)38)40-21-14-15-41(35(7,8)17-21)50(44,45)19-20-12-13-23(37)24(39)16-20/h9-13,16,21,40H,14-15,17-19,39H2,1-8H3/t21-/m1/s1. The number of anilines is 2. The average molecular weight is 756 g/mol. The predicted molar refractivity (Wildman–Crippen MR) is 192 cm³/mol. The lowest BCUT2D eigenvalue weighted by atomic mass is 9.89. The molecule has 10 nitrogen and oxygen atoms in total. The number of sulfonamides is 1. The number of piperidine rings is 1. The first-order valence-corrected chi connectivity index (χ1v) is 18.8. The smallest absolute Gasteiger partial charge is 0.352 e. The van der Waals surface area contributed by atoms with Crippen molar-refractivity contribution in [1.82, 2.24) is 4.31 Å². The van der Waals surface area contributed by atoms with E-state index in [-0.39, 0.29) is 55.8 Å². The van der Waals surface area contributed by atoms with Gasteiger partial charge in [-0.1, -0.05) is 29.8 Å². The molecular formula is C35H44ClF2N3O7S2. The van der Waals surface area contributed by atoms with Crippen LogP contribution in [0, 0.1) is 11.6 Å². The number of ether oxygens (including phenoxy) is 3. The number of nitrogens with zero attached hydrogens (tertiary/aromatic N) is 1. The lowest BCUT2D eigenvalue weighted by Crippen LogP contribution is -2.55. The Morgan fingerprint density at radius 3 is 2.34 bits per heavy atom. The zero-order valence-electron chi connectivity index (χ0n) is 29.4. The molecule has 0 unspecified atom stereocenters. The Morgan fingerprint density at radius 1 is 1.08 bits per heavy atom. The second-order valence-electron chi connectivity index (χ2n) is 14.8. The molecule has 1 aliphatic heterocycles. The number of nitrogen functional groups attached to an aromatic ring is 1. The van der Waals surface area contributed by atoms with Gasteiger partial charge < -0.3 is 25.3 Å². The summed E-state index contributed by atoms with van der Waals surface area (Å²) in [5, 5.41) is 3.16. The van der Waals surface area contributed by atoms with Crippen molar-refractivity contribution in [3.8, 4) is 16.2 Å². The maximum Gasteiger partial charge on any atom is 0.352 e. The van der Waals surface area contributed by atoms with E-state index in [1.54, 1.807) is 67.5 Å². The maximum absolute atomic E-state index is 16.3. The third kappa shape index (κ3) is 9.65. The van der Waals surface area contributed by atoms with E-state index in [4.69, 9.17) is 31.5 Å². The van der Waals surface area contributed by atoms with Gasteiger partial charge in [0.2, 0.25) is 10.0 Å². The number of nitrogens with two attached hydrogens (primary N) is 1. The van der Waals surface area contributed by atoms with E-state index in [9.17, 15) is 22.4 Å². The second-order valence-corrected chi connectivity index (χ2v) is 18.1. The summed E-state index contributed by atoms with van der Waals surface area (Å²) >= 11 is 7.61. The Bertz CT molecular complexity index is 1870. The highest BCUT2D eigenvalue weighted by Crippen LogP contribution is 2.48. The minimum Gasteiger partial charge on any atom is -0.479 e. The van der Waals surface area contributed by atoms with Crippen LogP contribution in [0.2, 0.25) is 5.02 Å².